The van der Waals surface area contributed by atoms with Gasteiger partial charge < -0.3 is 14.7 Å². The first-order chi connectivity index (χ1) is 17.5. The summed E-state index contributed by atoms with van der Waals surface area (Å²) in [6, 6.07) is 32.6. The first-order valence-corrected chi connectivity index (χ1v) is 11.7. The van der Waals surface area contributed by atoms with E-state index in [0.717, 1.165) is 11.1 Å². The van der Waals surface area contributed by atoms with Gasteiger partial charge in [-0.2, -0.15) is 0 Å². The predicted molar refractivity (Wildman–Crippen MR) is 138 cm³/mol. The van der Waals surface area contributed by atoms with Crippen molar-refractivity contribution in [2.24, 2.45) is 0 Å². The van der Waals surface area contributed by atoms with Crippen LogP contribution in [0.3, 0.4) is 0 Å². The van der Waals surface area contributed by atoms with Crippen LogP contribution in [0.4, 0.5) is 0 Å². The molecule has 4 aromatic carbocycles. The highest BCUT2D eigenvalue weighted by Crippen LogP contribution is 2.41. The summed E-state index contributed by atoms with van der Waals surface area (Å²) in [5.74, 6) is -0.300. The Bertz CT molecular complexity index is 1430. The Hall–Kier alpha value is -4.64. The zero-order valence-corrected chi connectivity index (χ0v) is 19.8. The fourth-order valence-electron chi connectivity index (χ4n) is 4.41. The van der Waals surface area contributed by atoms with Crippen molar-refractivity contribution in [2.45, 2.75) is 19.5 Å². The number of carbonyl (C=O) groups excluding carboxylic acids is 2. The lowest BCUT2D eigenvalue weighted by molar-refractivity contribution is -0.140. The standard InChI is InChI=1S/C31H25NO4/c1-21-15-17-23(18-16-21)29(33)27-28(32(31(35)30(27)34)20-22-9-4-2-5-10-22)24-11-8-14-26(19-24)36-25-12-6-3-7-13-25/h2-19,28,33H,20H2,1H3/b29-27-. The van der Waals surface area contributed by atoms with Gasteiger partial charge in [0.1, 0.15) is 17.3 Å². The van der Waals surface area contributed by atoms with Gasteiger partial charge in [0.2, 0.25) is 0 Å². The Morgan fingerprint density at radius 3 is 2.14 bits per heavy atom. The third kappa shape index (κ3) is 4.64. The van der Waals surface area contributed by atoms with Gasteiger partial charge in [-0.3, -0.25) is 9.59 Å². The first-order valence-electron chi connectivity index (χ1n) is 11.7. The third-order valence-corrected chi connectivity index (χ3v) is 6.21. The lowest BCUT2D eigenvalue weighted by atomic mass is 9.94. The molecule has 0 radical (unpaired) electrons. The summed E-state index contributed by atoms with van der Waals surface area (Å²) in [5, 5.41) is 11.3. The Balaban J connectivity index is 1.61. The lowest BCUT2D eigenvalue weighted by Crippen LogP contribution is -2.29. The summed E-state index contributed by atoms with van der Waals surface area (Å²) in [4.78, 5) is 28.1. The molecule has 1 unspecified atom stereocenters. The number of hydrogen-bond acceptors (Lipinski definition) is 4. The van der Waals surface area contributed by atoms with Crippen LogP contribution in [0.15, 0.2) is 115 Å². The lowest BCUT2D eigenvalue weighted by Gasteiger charge is -2.26. The van der Waals surface area contributed by atoms with Gasteiger partial charge in [-0.05, 0) is 42.3 Å². The van der Waals surface area contributed by atoms with Crippen LogP contribution in [0, 0.1) is 6.92 Å². The minimum Gasteiger partial charge on any atom is -0.507 e. The number of ether oxygens (including phenoxy) is 1. The van der Waals surface area contributed by atoms with Gasteiger partial charge in [0.25, 0.3) is 11.7 Å². The molecule has 5 nitrogen and oxygen atoms in total. The summed E-state index contributed by atoms with van der Waals surface area (Å²) < 4.78 is 6.01. The van der Waals surface area contributed by atoms with Gasteiger partial charge >= 0.3 is 0 Å². The number of aliphatic hydroxyl groups is 1. The number of Topliss-reactive ketones (excluding diaryl/α,β-unsaturated/α-hetero) is 1. The molecule has 0 bridgehead atoms. The highest BCUT2D eigenvalue weighted by molar-refractivity contribution is 6.46. The van der Waals surface area contributed by atoms with E-state index < -0.39 is 17.7 Å². The third-order valence-electron chi connectivity index (χ3n) is 6.21. The first kappa shape index (κ1) is 23.1. The number of para-hydroxylation sites is 1. The van der Waals surface area contributed by atoms with Gasteiger partial charge in [-0.15, -0.1) is 0 Å². The van der Waals surface area contributed by atoms with Crippen LogP contribution in [0.5, 0.6) is 11.5 Å². The second kappa shape index (κ2) is 9.92. The number of aliphatic hydroxyl groups excluding tert-OH is 1. The highest BCUT2D eigenvalue weighted by Gasteiger charge is 2.46. The number of nitrogens with zero attached hydrogens (tertiary/aromatic N) is 1. The van der Waals surface area contributed by atoms with Crippen LogP contribution >= 0.6 is 0 Å². The second-order valence-corrected chi connectivity index (χ2v) is 8.77. The molecule has 1 N–H and O–H groups in total. The van der Waals surface area contributed by atoms with Gasteiger partial charge in [0, 0.05) is 12.1 Å². The second-order valence-electron chi connectivity index (χ2n) is 8.77. The van der Waals surface area contributed by atoms with Gasteiger partial charge in [0.15, 0.2) is 0 Å². The number of aryl methyl sites for hydroxylation is 1. The van der Waals surface area contributed by atoms with Crippen LogP contribution < -0.4 is 4.74 Å². The van der Waals surface area contributed by atoms with E-state index in [-0.39, 0.29) is 17.9 Å². The van der Waals surface area contributed by atoms with E-state index in [4.69, 9.17) is 4.74 Å². The number of carbonyl (C=O) groups is 2. The van der Waals surface area contributed by atoms with E-state index in [1.54, 1.807) is 12.1 Å². The maximum atomic E-state index is 13.3. The van der Waals surface area contributed by atoms with Crippen LogP contribution in [0.25, 0.3) is 5.76 Å². The van der Waals surface area contributed by atoms with E-state index >= 15 is 0 Å². The SMILES string of the molecule is Cc1ccc(/C(O)=C2/C(=O)C(=O)N(Cc3ccccc3)C2c2cccc(Oc3ccccc3)c2)cc1. The van der Waals surface area contributed by atoms with Crippen LogP contribution in [-0.4, -0.2) is 21.7 Å². The van der Waals surface area contributed by atoms with Crippen LogP contribution in [0.1, 0.15) is 28.3 Å². The van der Waals surface area contributed by atoms with Gasteiger partial charge in [-0.25, -0.2) is 0 Å². The van der Waals surface area contributed by atoms with Crippen molar-refractivity contribution in [1.29, 1.82) is 0 Å². The molecule has 1 heterocycles. The average molecular weight is 476 g/mol. The highest BCUT2D eigenvalue weighted by atomic mass is 16.5. The fraction of sp³-hybridized carbons (Fsp3) is 0.0968. The zero-order valence-electron chi connectivity index (χ0n) is 19.8. The smallest absolute Gasteiger partial charge is 0.295 e. The van der Waals surface area contributed by atoms with Crippen molar-refractivity contribution in [3.63, 3.8) is 0 Å². The van der Waals surface area contributed by atoms with E-state index in [1.807, 2.05) is 104 Å². The summed E-state index contributed by atoms with van der Waals surface area (Å²) in [6.07, 6.45) is 0. The molecule has 0 saturated carbocycles. The number of amides is 1. The molecule has 0 aromatic heterocycles. The molecule has 1 fully saturated rings. The Labute approximate surface area is 209 Å². The Morgan fingerprint density at radius 1 is 0.806 bits per heavy atom. The van der Waals surface area contributed by atoms with Gasteiger partial charge in [-0.1, -0.05) is 90.5 Å². The molecular formula is C31H25NO4. The fourth-order valence-corrected chi connectivity index (χ4v) is 4.41. The molecule has 1 atom stereocenters. The molecule has 0 aliphatic carbocycles. The molecule has 1 aliphatic heterocycles. The molecule has 1 amide bonds. The number of hydrogen-bond donors (Lipinski definition) is 1. The number of ketones is 1. The summed E-state index contributed by atoms with van der Waals surface area (Å²) in [7, 11) is 0. The van der Waals surface area contributed by atoms with Crippen molar-refractivity contribution < 1.29 is 19.4 Å². The Kier molecular flexibility index (Phi) is 6.37. The van der Waals surface area contributed by atoms with E-state index in [1.165, 1.54) is 4.90 Å². The minimum absolute atomic E-state index is 0.0663. The molecule has 178 valence electrons. The van der Waals surface area contributed by atoms with Gasteiger partial charge in [0.05, 0.1) is 11.6 Å². The van der Waals surface area contributed by atoms with Crippen LogP contribution in [0.2, 0.25) is 0 Å². The molecule has 1 aliphatic rings. The maximum Gasteiger partial charge on any atom is 0.295 e. The number of rotatable bonds is 6. The van der Waals surface area contributed by atoms with Crippen molar-refractivity contribution >= 4 is 17.4 Å². The molecule has 5 heteroatoms. The normalized spacial score (nSPS) is 16.8. The maximum absolute atomic E-state index is 13.3. The Morgan fingerprint density at radius 2 is 1.44 bits per heavy atom. The molecule has 4 aromatic rings. The summed E-state index contributed by atoms with van der Waals surface area (Å²) in [5.41, 5.74) is 3.14. The van der Waals surface area contributed by atoms with E-state index in [2.05, 4.69) is 0 Å². The van der Waals surface area contributed by atoms with Crippen molar-refractivity contribution in [3.05, 3.63) is 137 Å². The minimum atomic E-state index is -0.772. The molecule has 1 saturated heterocycles. The van der Waals surface area contributed by atoms with E-state index in [0.29, 0.717) is 22.6 Å². The quantitative estimate of drug-likeness (QED) is 0.199. The largest absolute Gasteiger partial charge is 0.507 e. The van der Waals surface area contributed by atoms with E-state index in [9.17, 15) is 14.7 Å². The summed E-state index contributed by atoms with van der Waals surface area (Å²) in [6.45, 7) is 2.17. The molecule has 36 heavy (non-hydrogen) atoms. The molecular weight excluding hydrogens is 450 g/mol. The number of benzene rings is 4. The molecule has 5 rings (SSSR count). The predicted octanol–water partition coefficient (Wildman–Crippen LogP) is 6.41. The molecule has 0 spiro atoms. The van der Waals surface area contributed by atoms with Crippen molar-refractivity contribution in [1.82, 2.24) is 4.90 Å². The monoisotopic (exact) mass is 475 g/mol. The van der Waals surface area contributed by atoms with Crippen molar-refractivity contribution in [2.75, 3.05) is 0 Å². The van der Waals surface area contributed by atoms with Crippen molar-refractivity contribution in [3.8, 4) is 11.5 Å². The van der Waals surface area contributed by atoms with Crippen LogP contribution in [-0.2, 0) is 16.1 Å². The number of likely N-dealkylation sites (tertiary alicyclic amines) is 1. The average Bonchev–Trinajstić information content (AvgIpc) is 3.15. The topological polar surface area (TPSA) is 66.8 Å². The summed E-state index contributed by atoms with van der Waals surface area (Å²) >= 11 is 0. The zero-order chi connectivity index (χ0) is 25.1.